The Morgan fingerprint density at radius 1 is 0.675 bits per heavy atom. The van der Waals surface area contributed by atoms with E-state index in [1.165, 1.54) is 6.92 Å². The molecule has 0 rings (SSSR count). The normalized spacial score (nSPS) is 15.1. The molecular weight excluding hydrogens is 564 g/mol. The quantitative estimate of drug-likeness (QED) is 0.0854. The summed E-state index contributed by atoms with van der Waals surface area (Å²) < 4.78 is 42.5. The van der Waals surface area contributed by atoms with Crippen LogP contribution in [0, 0.1) is 23.7 Å². The van der Waals surface area contributed by atoms with Gasteiger partial charge in [-0.05, 0) is 62.7 Å². The third kappa shape index (κ3) is 26.1. The molecule has 240 valence electrons. The maximum atomic E-state index is 11.9. The molecule has 0 heterocycles. The molecule has 14 heteroatoms. The molecule has 0 aliphatic heterocycles. The van der Waals surface area contributed by atoms with Gasteiger partial charge in [0.15, 0.2) is 6.04 Å². The first-order valence-corrected chi connectivity index (χ1v) is 17.1. The largest absolute Gasteiger partial charge is 0.480 e. The van der Waals surface area contributed by atoms with E-state index in [1.54, 1.807) is 0 Å². The number of hydrogen-bond acceptors (Lipinski definition) is 8. The standard InChI is InChI=1S/C16H32NO7P.C10H23O4P/c1-11(2)7-6-10-23-25(21,22)24-13(5)15(16(19)20)17-14(18)9-8-12(3)4;1-9(2)5-7-13-15(11,12)14-8-6-10(3)4/h11-13,15H,6-10H2,1-5H3,(H,17,18)(H,19,20)(H,21,22);9-10H,5-8H2,1-4H3,(H,11,12). The van der Waals surface area contributed by atoms with Crippen LogP contribution in [0.25, 0.3) is 0 Å². The number of nitrogens with one attached hydrogen (secondary N) is 1. The van der Waals surface area contributed by atoms with E-state index in [1.807, 2.05) is 55.4 Å². The molecule has 0 saturated carbocycles. The van der Waals surface area contributed by atoms with Crippen molar-refractivity contribution in [2.75, 3.05) is 19.8 Å². The minimum absolute atomic E-state index is 0.0389. The third-order valence-corrected chi connectivity index (χ3v) is 7.51. The van der Waals surface area contributed by atoms with Crippen LogP contribution in [0.5, 0.6) is 0 Å². The predicted octanol–water partition coefficient (Wildman–Crippen LogP) is 6.16. The van der Waals surface area contributed by atoms with E-state index >= 15 is 0 Å². The van der Waals surface area contributed by atoms with Crippen molar-refractivity contribution in [3.63, 3.8) is 0 Å². The zero-order chi connectivity index (χ0) is 31.5. The summed E-state index contributed by atoms with van der Waals surface area (Å²) in [5, 5.41) is 11.6. The molecule has 3 atom stereocenters. The molecule has 3 unspecified atom stereocenters. The highest BCUT2D eigenvalue weighted by Crippen LogP contribution is 2.45. The van der Waals surface area contributed by atoms with Crippen LogP contribution in [0.2, 0.25) is 0 Å². The molecule has 12 nitrogen and oxygen atoms in total. The van der Waals surface area contributed by atoms with Gasteiger partial charge in [0, 0.05) is 6.42 Å². The number of phosphoric acid groups is 2. The summed E-state index contributed by atoms with van der Waals surface area (Å²) in [6.07, 6.45) is 2.52. The zero-order valence-electron chi connectivity index (χ0n) is 25.8. The fourth-order valence-corrected chi connectivity index (χ4v) is 4.57. The fourth-order valence-electron chi connectivity index (χ4n) is 2.86. The monoisotopic (exact) mass is 619 g/mol. The van der Waals surface area contributed by atoms with Crippen molar-refractivity contribution >= 4 is 27.5 Å². The lowest BCUT2D eigenvalue weighted by Crippen LogP contribution is -2.48. The number of aliphatic carboxylic acids is 1. The molecule has 0 radical (unpaired) electrons. The highest BCUT2D eigenvalue weighted by atomic mass is 31.2. The van der Waals surface area contributed by atoms with E-state index < -0.39 is 39.7 Å². The van der Waals surface area contributed by atoms with Crippen molar-refractivity contribution in [2.45, 2.75) is 113 Å². The summed E-state index contributed by atoms with van der Waals surface area (Å²) in [4.78, 5) is 42.1. The molecule has 0 aliphatic carbocycles. The molecule has 0 saturated heterocycles. The van der Waals surface area contributed by atoms with Crippen LogP contribution in [0.1, 0.15) is 101 Å². The number of carboxylic acid groups (broad SMARTS) is 1. The summed E-state index contributed by atoms with van der Waals surface area (Å²) >= 11 is 0. The van der Waals surface area contributed by atoms with Gasteiger partial charge in [-0.3, -0.25) is 22.9 Å². The third-order valence-electron chi connectivity index (χ3n) is 5.38. The summed E-state index contributed by atoms with van der Waals surface area (Å²) in [6, 6.07) is -1.43. The summed E-state index contributed by atoms with van der Waals surface area (Å²) in [7, 11) is -8.20. The van der Waals surface area contributed by atoms with Gasteiger partial charge in [0.1, 0.15) is 0 Å². The van der Waals surface area contributed by atoms with Crippen molar-refractivity contribution in [2.24, 2.45) is 23.7 Å². The smallest absolute Gasteiger partial charge is 0.472 e. The van der Waals surface area contributed by atoms with Crippen molar-refractivity contribution in [1.82, 2.24) is 5.32 Å². The van der Waals surface area contributed by atoms with Gasteiger partial charge >= 0.3 is 21.6 Å². The Kier molecular flexibility index (Phi) is 22.5. The van der Waals surface area contributed by atoms with E-state index in [-0.39, 0.29) is 26.2 Å². The molecule has 0 aromatic rings. The Balaban J connectivity index is 0. The topological polar surface area (TPSA) is 178 Å². The molecule has 40 heavy (non-hydrogen) atoms. The van der Waals surface area contributed by atoms with Crippen molar-refractivity contribution in [3.05, 3.63) is 0 Å². The minimum atomic E-state index is -4.39. The maximum absolute atomic E-state index is 11.9. The van der Waals surface area contributed by atoms with Gasteiger partial charge in [-0.1, -0.05) is 55.4 Å². The number of carbonyl (C=O) groups is 2. The Hall–Kier alpha value is -0.840. The van der Waals surface area contributed by atoms with Gasteiger partial charge in [0.25, 0.3) is 0 Å². The Morgan fingerprint density at radius 3 is 1.50 bits per heavy atom. The number of carboxylic acids is 1. The van der Waals surface area contributed by atoms with Crippen LogP contribution in [0.15, 0.2) is 0 Å². The average Bonchev–Trinajstić information content (AvgIpc) is 2.77. The lowest BCUT2D eigenvalue weighted by molar-refractivity contribution is -0.144. The van der Waals surface area contributed by atoms with Crippen molar-refractivity contribution < 1.29 is 51.7 Å². The van der Waals surface area contributed by atoms with E-state index in [2.05, 4.69) is 5.32 Å². The van der Waals surface area contributed by atoms with E-state index in [0.717, 1.165) is 19.3 Å². The first-order chi connectivity index (χ1) is 18.3. The van der Waals surface area contributed by atoms with Gasteiger partial charge in [0.2, 0.25) is 5.91 Å². The van der Waals surface area contributed by atoms with Gasteiger partial charge in [-0.2, -0.15) is 0 Å². The van der Waals surface area contributed by atoms with Crippen LogP contribution in [-0.2, 0) is 36.8 Å². The summed E-state index contributed by atoms with van der Waals surface area (Å²) in [6.45, 7) is 18.0. The van der Waals surface area contributed by atoms with Crippen LogP contribution in [0.3, 0.4) is 0 Å². The van der Waals surface area contributed by atoms with Crippen molar-refractivity contribution in [1.29, 1.82) is 0 Å². The lowest BCUT2D eigenvalue weighted by atomic mass is 10.1. The number of carbonyl (C=O) groups excluding carboxylic acids is 1. The van der Waals surface area contributed by atoms with E-state index in [0.29, 0.717) is 36.5 Å². The molecule has 4 N–H and O–H groups in total. The van der Waals surface area contributed by atoms with Crippen molar-refractivity contribution in [3.8, 4) is 0 Å². The second-order valence-electron chi connectivity index (χ2n) is 11.5. The molecule has 0 spiro atoms. The second kappa shape index (κ2) is 21.8. The van der Waals surface area contributed by atoms with Crippen LogP contribution < -0.4 is 5.32 Å². The number of amides is 1. The van der Waals surface area contributed by atoms with Crippen LogP contribution in [-0.4, -0.2) is 58.7 Å². The Bertz CT molecular complexity index is 773. The zero-order valence-corrected chi connectivity index (χ0v) is 27.6. The molecule has 0 aromatic carbocycles. The highest BCUT2D eigenvalue weighted by molar-refractivity contribution is 7.47. The van der Waals surface area contributed by atoms with Gasteiger partial charge in [0.05, 0.1) is 25.9 Å². The minimum Gasteiger partial charge on any atom is -0.480 e. The molecule has 1 amide bonds. The highest BCUT2D eigenvalue weighted by Gasteiger charge is 2.34. The van der Waals surface area contributed by atoms with Crippen LogP contribution >= 0.6 is 15.6 Å². The lowest BCUT2D eigenvalue weighted by Gasteiger charge is -2.23. The second-order valence-corrected chi connectivity index (χ2v) is 14.3. The molecule has 0 bridgehead atoms. The first kappa shape index (κ1) is 41.3. The van der Waals surface area contributed by atoms with Gasteiger partial charge < -0.3 is 20.2 Å². The average molecular weight is 620 g/mol. The summed E-state index contributed by atoms with van der Waals surface area (Å²) in [5.41, 5.74) is 0. The molecule has 0 fully saturated rings. The number of rotatable bonds is 21. The predicted molar refractivity (Wildman–Crippen MR) is 155 cm³/mol. The van der Waals surface area contributed by atoms with Gasteiger partial charge in [-0.15, -0.1) is 0 Å². The van der Waals surface area contributed by atoms with E-state index in [4.69, 9.17) is 18.1 Å². The number of phosphoric ester groups is 2. The molecule has 0 aliphatic rings. The Labute approximate surface area is 241 Å². The SMILES string of the molecule is CC(C)CCCOP(=O)(O)OC(C)C(NC(=O)CCC(C)C)C(=O)O.CC(C)CCOP(=O)(O)OCCC(C)C. The molecular formula is C26H55NO11P2. The summed E-state index contributed by atoms with van der Waals surface area (Å²) in [5.74, 6) is -0.118. The van der Waals surface area contributed by atoms with Gasteiger partial charge in [-0.25, -0.2) is 13.9 Å². The first-order valence-electron chi connectivity index (χ1n) is 14.1. The van der Waals surface area contributed by atoms with E-state index in [9.17, 15) is 33.6 Å². The number of hydrogen-bond donors (Lipinski definition) is 4. The van der Waals surface area contributed by atoms with Crippen LogP contribution in [0.4, 0.5) is 0 Å². The molecule has 0 aromatic heterocycles. The fraction of sp³-hybridized carbons (Fsp3) is 0.923. The maximum Gasteiger partial charge on any atom is 0.472 e. The Morgan fingerprint density at radius 2 is 1.10 bits per heavy atom.